The van der Waals surface area contributed by atoms with Gasteiger partial charge in [-0.1, -0.05) is 20.8 Å². The average molecular weight is 452 g/mol. The first-order valence-electron chi connectivity index (χ1n) is 9.40. The Bertz CT molecular complexity index is 364. The molecule has 2 saturated heterocycles. The highest BCUT2D eigenvalue weighted by atomic mass is 127. The van der Waals surface area contributed by atoms with Crippen LogP contribution in [0, 0.1) is 11.8 Å². The first-order valence-corrected chi connectivity index (χ1v) is 9.40. The Morgan fingerprint density at radius 2 is 1.92 bits per heavy atom. The third-order valence-electron chi connectivity index (χ3n) is 5.28. The van der Waals surface area contributed by atoms with E-state index < -0.39 is 0 Å². The van der Waals surface area contributed by atoms with E-state index in [-0.39, 0.29) is 24.0 Å². The Morgan fingerprint density at radius 3 is 2.46 bits per heavy atom. The molecule has 0 bridgehead atoms. The maximum atomic E-state index is 5.66. The van der Waals surface area contributed by atoms with Gasteiger partial charge in [0, 0.05) is 32.8 Å². The smallest absolute Gasteiger partial charge is 0.191 e. The Kier molecular flexibility index (Phi) is 10.5. The highest BCUT2D eigenvalue weighted by Crippen LogP contribution is 2.21. The Labute approximate surface area is 165 Å². The molecule has 0 aromatic rings. The molecule has 5 nitrogen and oxygen atoms in total. The van der Waals surface area contributed by atoms with E-state index in [9.17, 15) is 0 Å². The van der Waals surface area contributed by atoms with Gasteiger partial charge in [0.1, 0.15) is 0 Å². The summed E-state index contributed by atoms with van der Waals surface area (Å²) in [5.74, 6) is 2.43. The fourth-order valence-corrected chi connectivity index (χ4v) is 3.58. The van der Waals surface area contributed by atoms with Crippen LogP contribution >= 0.6 is 24.0 Å². The summed E-state index contributed by atoms with van der Waals surface area (Å²) in [6.07, 6.45) is 5.34. The second-order valence-corrected chi connectivity index (χ2v) is 7.50. The first kappa shape index (κ1) is 22.0. The van der Waals surface area contributed by atoms with Crippen LogP contribution in [0.25, 0.3) is 0 Å². The molecular formula is C18H37IN4O. The molecule has 2 heterocycles. The van der Waals surface area contributed by atoms with Gasteiger partial charge in [0.25, 0.3) is 0 Å². The zero-order valence-corrected chi connectivity index (χ0v) is 18.2. The van der Waals surface area contributed by atoms with Gasteiger partial charge in [-0.25, -0.2) is 0 Å². The van der Waals surface area contributed by atoms with Crippen molar-refractivity contribution in [3.63, 3.8) is 0 Å². The summed E-state index contributed by atoms with van der Waals surface area (Å²) in [5.41, 5.74) is 0. The Balaban J connectivity index is 0.00000288. The van der Waals surface area contributed by atoms with Crippen molar-refractivity contribution in [3.05, 3.63) is 0 Å². The predicted molar refractivity (Wildman–Crippen MR) is 112 cm³/mol. The minimum atomic E-state index is 0. The van der Waals surface area contributed by atoms with Gasteiger partial charge in [0.2, 0.25) is 0 Å². The fourth-order valence-electron chi connectivity index (χ4n) is 3.58. The number of likely N-dealkylation sites (tertiary alicyclic amines) is 1. The lowest BCUT2D eigenvalue weighted by molar-refractivity contribution is 0.108. The molecule has 0 aromatic carbocycles. The van der Waals surface area contributed by atoms with Crippen molar-refractivity contribution in [3.8, 4) is 0 Å². The number of ether oxygens (including phenoxy) is 1. The van der Waals surface area contributed by atoms with Gasteiger partial charge in [-0.05, 0) is 50.6 Å². The second-order valence-electron chi connectivity index (χ2n) is 7.50. The monoisotopic (exact) mass is 452 g/mol. The highest BCUT2D eigenvalue weighted by molar-refractivity contribution is 14.0. The summed E-state index contributed by atoms with van der Waals surface area (Å²) >= 11 is 0. The van der Waals surface area contributed by atoms with Crippen LogP contribution in [0.15, 0.2) is 4.99 Å². The lowest BCUT2D eigenvalue weighted by Gasteiger charge is -2.39. The van der Waals surface area contributed by atoms with Crippen LogP contribution in [0.4, 0.5) is 0 Å². The molecule has 2 N–H and O–H groups in total. The molecule has 0 aromatic heterocycles. The Morgan fingerprint density at radius 1 is 1.21 bits per heavy atom. The van der Waals surface area contributed by atoms with E-state index in [2.05, 4.69) is 41.3 Å². The summed E-state index contributed by atoms with van der Waals surface area (Å²) in [6.45, 7) is 12.2. The highest BCUT2D eigenvalue weighted by Gasteiger charge is 2.25. The van der Waals surface area contributed by atoms with E-state index >= 15 is 0 Å². The number of hydrogen-bond donors (Lipinski definition) is 2. The van der Waals surface area contributed by atoms with Crippen LogP contribution in [0.5, 0.6) is 0 Å². The van der Waals surface area contributed by atoms with Gasteiger partial charge in [-0.15, -0.1) is 24.0 Å². The van der Waals surface area contributed by atoms with Crippen molar-refractivity contribution in [1.82, 2.24) is 15.5 Å². The average Bonchev–Trinajstić information content (AvgIpc) is 3.05. The zero-order chi connectivity index (χ0) is 16.7. The predicted octanol–water partition coefficient (Wildman–Crippen LogP) is 2.70. The van der Waals surface area contributed by atoms with Crippen LogP contribution in [0.3, 0.4) is 0 Å². The number of piperidine rings is 1. The van der Waals surface area contributed by atoms with Crippen molar-refractivity contribution < 1.29 is 4.74 Å². The van der Waals surface area contributed by atoms with Crippen molar-refractivity contribution in [2.75, 3.05) is 39.8 Å². The zero-order valence-electron chi connectivity index (χ0n) is 15.9. The molecule has 2 fully saturated rings. The maximum Gasteiger partial charge on any atom is 0.191 e. The second kappa shape index (κ2) is 11.5. The molecule has 24 heavy (non-hydrogen) atoms. The number of aliphatic imine (C=N–C) groups is 1. The third-order valence-corrected chi connectivity index (χ3v) is 5.28. The number of rotatable bonds is 6. The number of nitrogens with one attached hydrogen (secondary N) is 2. The summed E-state index contributed by atoms with van der Waals surface area (Å²) in [6, 6.07) is 0.573. The summed E-state index contributed by atoms with van der Waals surface area (Å²) < 4.78 is 5.66. The van der Waals surface area contributed by atoms with Gasteiger partial charge in [0.05, 0.1) is 6.10 Å². The van der Waals surface area contributed by atoms with Crippen molar-refractivity contribution in [1.29, 1.82) is 0 Å². The molecule has 2 aliphatic rings. The van der Waals surface area contributed by atoms with Crippen LogP contribution in [-0.2, 0) is 4.74 Å². The van der Waals surface area contributed by atoms with E-state index in [1.807, 2.05) is 7.05 Å². The summed E-state index contributed by atoms with van der Waals surface area (Å²) in [5, 5.41) is 6.94. The van der Waals surface area contributed by atoms with Crippen LogP contribution in [0.2, 0.25) is 0 Å². The van der Waals surface area contributed by atoms with Gasteiger partial charge >= 0.3 is 0 Å². The summed E-state index contributed by atoms with van der Waals surface area (Å²) in [4.78, 5) is 7.02. The number of halogens is 1. The molecule has 142 valence electrons. The number of guanidine groups is 1. The van der Waals surface area contributed by atoms with Crippen molar-refractivity contribution in [2.45, 2.75) is 58.6 Å². The molecule has 0 aliphatic carbocycles. The third kappa shape index (κ3) is 7.04. The SMILES string of the molecule is CN=C(NCC1CCCO1)NCC(C(C)C)N1CCC(C)CC1.I. The minimum Gasteiger partial charge on any atom is -0.376 e. The molecule has 0 saturated carbocycles. The molecule has 0 radical (unpaired) electrons. The molecule has 2 atom stereocenters. The number of nitrogens with zero attached hydrogens (tertiary/aromatic N) is 2. The number of hydrogen-bond acceptors (Lipinski definition) is 3. The van der Waals surface area contributed by atoms with Crippen LogP contribution < -0.4 is 10.6 Å². The van der Waals surface area contributed by atoms with Crippen LogP contribution in [0.1, 0.15) is 46.5 Å². The molecule has 2 unspecified atom stereocenters. The van der Waals surface area contributed by atoms with E-state index in [1.165, 1.54) is 32.4 Å². The van der Waals surface area contributed by atoms with Gasteiger partial charge < -0.3 is 15.4 Å². The van der Waals surface area contributed by atoms with E-state index in [4.69, 9.17) is 4.74 Å². The molecular weight excluding hydrogens is 415 g/mol. The lowest BCUT2D eigenvalue weighted by atomic mass is 9.94. The molecule has 2 aliphatic heterocycles. The van der Waals surface area contributed by atoms with Crippen molar-refractivity contribution >= 4 is 29.9 Å². The lowest BCUT2D eigenvalue weighted by Crippen LogP contribution is -2.52. The maximum absolute atomic E-state index is 5.66. The first-order chi connectivity index (χ1) is 11.1. The topological polar surface area (TPSA) is 48.9 Å². The molecule has 0 spiro atoms. The largest absolute Gasteiger partial charge is 0.376 e. The standard InChI is InChI=1S/C18H36N4O.HI/c1-14(2)17(22-9-7-15(3)8-10-22)13-21-18(19-4)20-12-16-6-5-11-23-16;/h14-17H,5-13H2,1-4H3,(H2,19,20,21);1H. The fraction of sp³-hybridized carbons (Fsp3) is 0.944. The van der Waals surface area contributed by atoms with Crippen molar-refractivity contribution in [2.24, 2.45) is 16.8 Å². The molecule has 0 amide bonds. The van der Waals surface area contributed by atoms with Crippen LogP contribution in [-0.4, -0.2) is 62.8 Å². The van der Waals surface area contributed by atoms with E-state index in [0.717, 1.165) is 38.0 Å². The Hall–Kier alpha value is -0.0800. The molecule has 6 heteroatoms. The minimum absolute atomic E-state index is 0. The molecule has 2 rings (SSSR count). The van der Waals surface area contributed by atoms with Gasteiger partial charge in [-0.2, -0.15) is 0 Å². The summed E-state index contributed by atoms with van der Waals surface area (Å²) in [7, 11) is 1.85. The van der Waals surface area contributed by atoms with E-state index in [1.54, 1.807) is 0 Å². The normalized spacial score (nSPS) is 24.7. The van der Waals surface area contributed by atoms with Gasteiger partial charge in [0.15, 0.2) is 5.96 Å². The van der Waals surface area contributed by atoms with E-state index in [0.29, 0.717) is 18.1 Å². The quantitative estimate of drug-likeness (QED) is 0.370. The van der Waals surface area contributed by atoms with Gasteiger partial charge in [-0.3, -0.25) is 9.89 Å².